The number of amides is 12. The average Bonchev–Trinajstić information content (AvgIpc) is 1.24. The number of halogens is 9. The summed E-state index contributed by atoms with van der Waals surface area (Å²) in [7, 11) is 10.7. The van der Waals surface area contributed by atoms with Gasteiger partial charge in [0.15, 0.2) is 0 Å². The second kappa shape index (κ2) is 39.1. The molecule has 8 fully saturated rings. The summed E-state index contributed by atoms with van der Waals surface area (Å²) in [4.78, 5) is 193. The van der Waals surface area contributed by atoms with E-state index >= 15 is 51.5 Å². The van der Waals surface area contributed by atoms with Gasteiger partial charge in [0.2, 0.25) is 70.9 Å². The fraction of sp³-hybridized carbons (Fsp3) is 0.846. The molecule has 0 aromatic rings. The fourth-order valence-electron chi connectivity index (χ4n) is 18.6. The number of likely N-dealkylation sites (N-methyl/N-ethyl adjacent to an activating group) is 7. The molecule has 2 bridgehead atoms. The van der Waals surface area contributed by atoms with E-state index in [9.17, 15) is 45.5 Å². The molecule has 3 aliphatic heterocycles. The highest BCUT2D eigenvalue weighted by Gasteiger charge is 2.56. The van der Waals surface area contributed by atoms with Crippen molar-refractivity contribution in [3.05, 3.63) is 0 Å². The highest BCUT2D eigenvalue weighted by atomic mass is 19.4. The van der Waals surface area contributed by atoms with Crippen LogP contribution >= 0.6 is 0 Å². The lowest BCUT2D eigenvalue weighted by molar-refractivity contribution is -0.219. The number of ether oxygens (including phenoxy) is 1. The van der Waals surface area contributed by atoms with Gasteiger partial charge in [0.05, 0.1) is 31.5 Å². The smallest absolute Gasteiger partial charge is 0.377 e. The first-order valence-corrected chi connectivity index (χ1v) is 40.6. The number of alkyl halides is 9. The molecule has 8 aliphatic rings. The number of carbonyl (C=O) groups is 12. The molecule has 0 aromatic carbocycles. The van der Waals surface area contributed by atoms with Crippen molar-refractivity contribution in [3.63, 3.8) is 0 Å². The fourth-order valence-corrected chi connectivity index (χ4v) is 18.6. The molecular weight excluding hydrogens is 1480 g/mol. The van der Waals surface area contributed by atoms with Crippen LogP contribution in [0, 0.1) is 41.4 Å². The zero-order chi connectivity index (χ0) is 82.8. The predicted octanol–water partition coefficient (Wildman–Crippen LogP) is 7.45. The number of carbonyl (C=O) groups excluding carboxylic acids is 12. The SMILES string of the molecule is CCO[C@@H]1C[C@H]2C(=O)NC3(CCC3)C(=O)N(C)[C@@H](C3CCCC3)C(=O)N(C)[C@H](C(=O)N(C)C)CC(=O)N(C)[C@@H](CC3CCCCC3F)C(=O)N[C@@H]([C@@H](C)CC)C(=O)N(C)CC(=O)N(C)[C@H]3CCCCCN(C3=O)[C@@H](CC3CCC(C(F)(F)F)CC3)C(=O)N(C)CC(=O)N[C@@H](CCC3CC(F)C(C(F)(F)F)C(F)C3)C(=O)N2C1. The van der Waals surface area contributed by atoms with Gasteiger partial charge in [-0.05, 0) is 159 Å². The predicted molar refractivity (Wildman–Crippen MR) is 393 cm³/mol. The zero-order valence-electron chi connectivity index (χ0n) is 67.0. The first kappa shape index (κ1) is 90.5. The number of fused-ring (bicyclic) bond motifs is 3. The van der Waals surface area contributed by atoms with Crippen LogP contribution in [-0.4, -0.2) is 295 Å². The summed E-state index contributed by atoms with van der Waals surface area (Å²) in [6.07, 6.45) is -15.6. The molecule has 112 heavy (non-hydrogen) atoms. The Bertz CT molecular complexity index is 3310. The third kappa shape index (κ3) is 21.7. The van der Waals surface area contributed by atoms with E-state index in [1.54, 1.807) is 20.8 Å². The molecule has 5 aliphatic carbocycles. The molecule has 3 heterocycles. The number of nitrogens with one attached hydrogen (secondary N) is 3. The van der Waals surface area contributed by atoms with Crippen LogP contribution in [0.5, 0.6) is 0 Å². The van der Waals surface area contributed by atoms with Gasteiger partial charge >= 0.3 is 12.4 Å². The van der Waals surface area contributed by atoms with Gasteiger partial charge in [0.25, 0.3) is 0 Å². The molecule has 5 saturated carbocycles. The van der Waals surface area contributed by atoms with Crippen LogP contribution in [-0.2, 0) is 62.3 Å². The number of rotatable bonds is 13. The van der Waals surface area contributed by atoms with Gasteiger partial charge in [0, 0.05) is 82.5 Å². The van der Waals surface area contributed by atoms with Crippen molar-refractivity contribution in [2.24, 2.45) is 41.4 Å². The highest BCUT2D eigenvalue weighted by Crippen LogP contribution is 2.46. The van der Waals surface area contributed by atoms with Crippen LogP contribution in [0.25, 0.3) is 0 Å². The second-order valence-electron chi connectivity index (χ2n) is 33.7. The Hall–Kier alpha value is -7.03. The van der Waals surface area contributed by atoms with Gasteiger partial charge in [-0.3, -0.25) is 57.5 Å². The monoisotopic (exact) mass is 1600 g/mol. The van der Waals surface area contributed by atoms with E-state index in [-0.39, 0.29) is 103 Å². The zero-order valence-corrected chi connectivity index (χ0v) is 67.0. The molecule has 0 aromatic heterocycles. The minimum Gasteiger partial charge on any atom is -0.377 e. The first-order valence-electron chi connectivity index (χ1n) is 40.6. The Labute approximate surface area is 652 Å². The van der Waals surface area contributed by atoms with Gasteiger partial charge < -0.3 is 64.8 Å². The molecule has 14 atom stereocenters. The quantitative estimate of drug-likeness (QED) is 0.151. The lowest BCUT2D eigenvalue weighted by Gasteiger charge is -2.46. The summed E-state index contributed by atoms with van der Waals surface area (Å²) >= 11 is 0. The number of hydrogen-bond donors (Lipinski definition) is 3. The van der Waals surface area contributed by atoms with Gasteiger partial charge in [-0.25, -0.2) is 13.2 Å². The maximum absolute atomic E-state index is 16.1. The van der Waals surface area contributed by atoms with Crippen LogP contribution in [0.4, 0.5) is 39.5 Å². The lowest BCUT2D eigenvalue weighted by atomic mass is 9.74. The molecule has 3 saturated heterocycles. The summed E-state index contributed by atoms with van der Waals surface area (Å²) in [5.74, 6) is -17.9. The van der Waals surface area contributed by atoms with Gasteiger partial charge in [-0.15, -0.1) is 0 Å². The topological polar surface area (TPSA) is 279 Å². The number of hydrogen-bond acceptors (Lipinski definition) is 13. The molecule has 4 unspecified atom stereocenters. The summed E-state index contributed by atoms with van der Waals surface area (Å²) in [6, 6.07) is -11.7. The molecule has 8 rings (SSSR count). The van der Waals surface area contributed by atoms with Crippen LogP contribution in [0.3, 0.4) is 0 Å². The summed E-state index contributed by atoms with van der Waals surface area (Å²) in [5, 5.41) is 8.40. The second-order valence-corrected chi connectivity index (χ2v) is 33.7. The summed E-state index contributed by atoms with van der Waals surface area (Å²) in [5.41, 5.74) is -1.72. The highest BCUT2D eigenvalue weighted by molar-refractivity contribution is 6.01. The summed E-state index contributed by atoms with van der Waals surface area (Å²) < 4.78 is 138. The lowest BCUT2D eigenvalue weighted by Crippen LogP contribution is -2.68. The van der Waals surface area contributed by atoms with Crippen molar-refractivity contribution in [1.82, 2.24) is 60.0 Å². The molecule has 0 radical (unpaired) electrons. The van der Waals surface area contributed by atoms with E-state index in [1.807, 2.05) is 0 Å². The maximum atomic E-state index is 16.1. The minimum atomic E-state index is -5.22. The maximum Gasteiger partial charge on any atom is 0.397 e. The van der Waals surface area contributed by atoms with E-state index in [1.165, 1.54) is 71.1 Å². The molecule has 634 valence electrons. The number of nitrogens with zero attached hydrogens (tertiary/aromatic N) is 9. The minimum absolute atomic E-state index is 0.00411. The normalized spacial score (nSPS) is 33.2. The molecular formula is C78H121F9N12O13. The van der Waals surface area contributed by atoms with Gasteiger partial charge in [-0.2, -0.15) is 26.3 Å². The Morgan fingerprint density at radius 3 is 1.77 bits per heavy atom. The van der Waals surface area contributed by atoms with Gasteiger partial charge in [-0.1, -0.05) is 58.8 Å². The Kier molecular flexibility index (Phi) is 31.6. The van der Waals surface area contributed by atoms with Crippen LogP contribution < -0.4 is 16.0 Å². The third-order valence-corrected chi connectivity index (χ3v) is 25.9. The first-order chi connectivity index (χ1) is 52.6. The van der Waals surface area contributed by atoms with Crippen LogP contribution in [0.15, 0.2) is 0 Å². The molecule has 34 heteroatoms. The van der Waals surface area contributed by atoms with Crippen molar-refractivity contribution in [3.8, 4) is 0 Å². The van der Waals surface area contributed by atoms with E-state index in [2.05, 4.69) is 16.0 Å². The van der Waals surface area contributed by atoms with Crippen molar-refractivity contribution >= 4 is 70.9 Å². The van der Waals surface area contributed by atoms with Gasteiger partial charge in [0.1, 0.15) is 78.3 Å². The Morgan fingerprint density at radius 2 is 1.19 bits per heavy atom. The van der Waals surface area contributed by atoms with Crippen molar-refractivity contribution < 1.29 is 102 Å². The largest absolute Gasteiger partial charge is 0.397 e. The van der Waals surface area contributed by atoms with Crippen LogP contribution in [0.2, 0.25) is 0 Å². The van der Waals surface area contributed by atoms with E-state index in [0.29, 0.717) is 70.6 Å². The Balaban J connectivity index is 1.21. The standard InChI is InChI=1S/C78H121F9N12O13/c1-12-45(3)65-73(109)93(7)44-63(102)94(8)56-26-15-14-20-35-98(72(56)108)60(38-46-27-30-50(31-28-46)77(82,83)84)71(107)92(6)43-61(100)88-55(32-29-47-36-53(80)64(54(81)37-47)78(85,86)87)69(105)99-42-51(112-13-2)40-58(99)68(104)90-76(33-21-34-76)75(111)97(11)66(48-22-16-17-23-48)74(110)96(10)59(70(106)91(4)5)41-62(101)95(9)57(67(103)89-65)39-49-24-18-19-25-52(49)79/h45-60,64-66H,12-44H2,1-11H3,(H,88,100)(H,89,103)(H,90,104)/t45-,46?,47?,49?,50?,51+,52?,53?,54?,55-,56-,57-,58-,59-,60-,64?,65-,66-/m0/s1. The molecule has 1 spiro atoms. The van der Waals surface area contributed by atoms with Crippen molar-refractivity contribution in [2.75, 3.05) is 89.2 Å². The van der Waals surface area contributed by atoms with E-state index < -0.39 is 242 Å². The average molecular weight is 1610 g/mol. The summed E-state index contributed by atoms with van der Waals surface area (Å²) in [6.45, 7) is 3.23. The van der Waals surface area contributed by atoms with Crippen LogP contribution in [0.1, 0.15) is 201 Å². The van der Waals surface area contributed by atoms with Crippen molar-refractivity contribution in [2.45, 2.75) is 291 Å². The molecule has 25 nitrogen and oxygen atoms in total. The van der Waals surface area contributed by atoms with E-state index in [4.69, 9.17) is 4.74 Å². The van der Waals surface area contributed by atoms with Crippen molar-refractivity contribution in [1.29, 1.82) is 0 Å². The Morgan fingerprint density at radius 1 is 0.571 bits per heavy atom. The van der Waals surface area contributed by atoms with E-state index in [0.717, 1.165) is 29.4 Å². The third-order valence-electron chi connectivity index (χ3n) is 25.9. The molecule has 12 amide bonds. The molecule has 3 N–H and O–H groups in total.